The Bertz CT molecular complexity index is 721. The van der Waals surface area contributed by atoms with Crippen LogP contribution in [0.25, 0.3) is 11.0 Å². The van der Waals surface area contributed by atoms with Crippen LogP contribution in [0.5, 0.6) is 5.75 Å². The van der Waals surface area contributed by atoms with Gasteiger partial charge < -0.3 is 9.30 Å². The number of ether oxygens (including phenoxy) is 1. The minimum absolute atomic E-state index is 0.201. The Hall–Kier alpha value is -1.52. The summed E-state index contributed by atoms with van der Waals surface area (Å²) in [5.41, 5.74) is 3.27. The van der Waals surface area contributed by atoms with Crippen molar-refractivity contribution in [3.63, 3.8) is 0 Å². The SMILES string of the molecule is COc1ccc2nc(CCl)n(C(C)c3ccsc3)c2c1. The Morgan fingerprint density at radius 2 is 2.25 bits per heavy atom. The first-order chi connectivity index (χ1) is 9.74. The molecule has 5 heteroatoms. The Morgan fingerprint density at radius 1 is 1.40 bits per heavy atom. The fourth-order valence-corrected chi connectivity index (χ4v) is 3.37. The number of benzene rings is 1. The number of hydrogen-bond acceptors (Lipinski definition) is 3. The van der Waals surface area contributed by atoms with E-state index >= 15 is 0 Å². The predicted octanol–water partition coefficient (Wildman–Crippen LogP) is 4.45. The maximum absolute atomic E-state index is 6.07. The van der Waals surface area contributed by atoms with Gasteiger partial charge in [0, 0.05) is 6.07 Å². The van der Waals surface area contributed by atoms with Crippen molar-refractivity contribution < 1.29 is 4.74 Å². The third-order valence-electron chi connectivity index (χ3n) is 3.50. The monoisotopic (exact) mass is 306 g/mol. The number of imidazole rings is 1. The topological polar surface area (TPSA) is 27.1 Å². The summed E-state index contributed by atoms with van der Waals surface area (Å²) in [7, 11) is 1.67. The third kappa shape index (κ3) is 2.19. The third-order valence-corrected chi connectivity index (χ3v) is 4.44. The highest BCUT2D eigenvalue weighted by Gasteiger charge is 2.17. The largest absolute Gasteiger partial charge is 0.497 e. The molecule has 0 aliphatic carbocycles. The highest BCUT2D eigenvalue weighted by atomic mass is 35.5. The molecule has 0 saturated heterocycles. The molecule has 0 aliphatic heterocycles. The van der Waals surface area contributed by atoms with Crippen molar-refractivity contribution >= 4 is 34.0 Å². The number of thiophene rings is 1. The number of rotatable bonds is 4. The summed E-state index contributed by atoms with van der Waals surface area (Å²) in [6.07, 6.45) is 0. The highest BCUT2D eigenvalue weighted by Crippen LogP contribution is 2.30. The summed E-state index contributed by atoms with van der Waals surface area (Å²) in [5, 5.41) is 4.25. The first-order valence-electron chi connectivity index (χ1n) is 6.37. The lowest BCUT2D eigenvalue weighted by atomic mass is 10.1. The van der Waals surface area contributed by atoms with Crippen molar-refractivity contribution in [2.24, 2.45) is 0 Å². The van der Waals surface area contributed by atoms with Crippen molar-refractivity contribution in [1.29, 1.82) is 0 Å². The van der Waals surface area contributed by atoms with Gasteiger partial charge in [0.1, 0.15) is 11.6 Å². The molecule has 0 aliphatic rings. The molecule has 104 valence electrons. The molecule has 1 unspecified atom stereocenters. The Balaban J connectivity index is 2.20. The van der Waals surface area contributed by atoms with E-state index in [1.54, 1.807) is 18.4 Å². The van der Waals surface area contributed by atoms with Crippen LogP contribution in [0.1, 0.15) is 24.4 Å². The Kier molecular flexibility index (Phi) is 3.68. The van der Waals surface area contributed by atoms with Crippen LogP contribution in [0.4, 0.5) is 0 Å². The van der Waals surface area contributed by atoms with Gasteiger partial charge in [-0.1, -0.05) is 0 Å². The quantitative estimate of drug-likeness (QED) is 0.666. The average molecular weight is 307 g/mol. The Labute approximate surface area is 126 Å². The van der Waals surface area contributed by atoms with Crippen LogP contribution in [0, 0.1) is 0 Å². The molecule has 2 aromatic heterocycles. The molecular weight excluding hydrogens is 292 g/mol. The number of alkyl halides is 1. The molecule has 20 heavy (non-hydrogen) atoms. The van der Waals surface area contributed by atoms with E-state index in [9.17, 15) is 0 Å². The number of hydrogen-bond donors (Lipinski definition) is 0. The van der Waals surface area contributed by atoms with Crippen LogP contribution >= 0.6 is 22.9 Å². The lowest BCUT2D eigenvalue weighted by Crippen LogP contribution is -2.09. The first kappa shape index (κ1) is 13.5. The van der Waals surface area contributed by atoms with Crippen LogP contribution in [0.2, 0.25) is 0 Å². The summed E-state index contributed by atoms with van der Waals surface area (Å²) >= 11 is 7.77. The number of halogens is 1. The molecule has 0 bridgehead atoms. The average Bonchev–Trinajstić information content (AvgIpc) is 3.12. The van der Waals surface area contributed by atoms with E-state index in [1.165, 1.54) is 5.56 Å². The summed E-state index contributed by atoms with van der Waals surface area (Å²) < 4.78 is 7.51. The van der Waals surface area contributed by atoms with Crippen LogP contribution in [0.3, 0.4) is 0 Å². The zero-order chi connectivity index (χ0) is 14.1. The van der Waals surface area contributed by atoms with Gasteiger partial charge in [0.25, 0.3) is 0 Å². The van der Waals surface area contributed by atoms with Gasteiger partial charge in [0.15, 0.2) is 0 Å². The summed E-state index contributed by atoms with van der Waals surface area (Å²) in [6, 6.07) is 8.25. The molecule has 0 N–H and O–H groups in total. The number of aromatic nitrogens is 2. The molecule has 0 amide bonds. The van der Waals surface area contributed by atoms with Gasteiger partial charge in [0.05, 0.1) is 30.1 Å². The van der Waals surface area contributed by atoms with Crippen molar-refractivity contribution in [2.45, 2.75) is 18.8 Å². The molecule has 0 radical (unpaired) electrons. The van der Waals surface area contributed by atoms with E-state index in [0.717, 1.165) is 22.6 Å². The fourth-order valence-electron chi connectivity index (χ4n) is 2.44. The summed E-state index contributed by atoms with van der Waals surface area (Å²) in [5.74, 6) is 2.11. The molecule has 0 fully saturated rings. The molecular formula is C15H15ClN2OS. The van der Waals surface area contributed by atoms with Crippen LogP contribution in [-0.4, -0.2) is 16.7 Å². The highest BCUT2D eigenvalue weighted by molar-refractivity contribution is 7.07. The molecule has 1 atom stereocenters. The standard InChI is InChI=1S/C15H15ClN2OS/c1-10(11-5-6-20-9-11)18-14-7-12(19-2)3-4-13(14)17-15(18)8-16/h3-7,9-10H,8H2,1-2H3. The van der Waals surface area contributed by atoms with E-state index < -0.39 is 0 Å². The molecule has 1 aromatic carbocycles. The normalized spacial score (nSPS) is 12.8. The van der Waals surface area contributed by atoms with Gasteiger partial charge in [-0.2, -0.15) is 11.3 Å². The van der Waals surface area contributed by atoms with E-state index in [-0.39, 0.29) is 6.04 Å². The molecule has 2 heterocycles. The second-order valence-electron chi connectivity index (χ2n) is 4.62. The van der Waals surface area contributed by atoms with Crippen molar-refractivity contribution in [2.75, 3.05) is 7.11 Å². The van der Waals surface area contributed by atoms with Crippen molar-refractivity contribution in [1.82, 2.24) is 9.55 Å². The van der Waals surface area contributed by atoms with E-state index in [4.69, 9.17) is 16.3 Å². The minimum Gasteiger partial charge on any atom is -0.497 e. The van der Waals surface area contributed by atoms with Gasteiger partial charge in [-0.15, -0.1) is 11.6 Å². The Morgan fingerprint density at radius 3 is 2.90 bits per heavy atom. The second kappa shape index (κ2) is 5.46. The fraction of sp³-hybridized carbons (Fsp3) is 0.267. The van der Waals surface area contributed by atoms with Gasteiger partial charge in [-0.05, 0) is 41.4 Å². The van der Waals surface area contributed by atoms with E-state index in [0.29, 0.717) is 5.88 Å². The maximum Gasteiger partial charge on any atom is 0.125 e. The van der Waals surface area contributed by atoms with Crippen LogP contribution in [0.15, 0.2) is 35.0 Å². The van der Waals surface area contributed by atoms with Gasteiger partial charge in [0.2, 0.25) is 0 Å². The van der Waals surface area contributed by atoms with Crippen LogP contribution in [-0.2, 0) is 5.88 Å². The van der Waals surface area contributed by atoms with Crippen LogP contribution < -0.4 is 4.74 Å². The molecule has 3 rings (SSSR count). The first-order valence-corrected chi connectivity index (χ1v) is 7.85. The smallest absolute Gasteiger partial charge is 0.125 e. The number of methoxy groups -OCH3 is 1. The maximum atomic E-state index is 6.07. The van der Waals surface area contributed by atoms with E-state index in [1.807, 2.05) is 18.2 Å². The van der Waals surface area contributed by atoms with E-state index in [2.05, 4.69) is 33.3 Å². The molecule has 3 aromatic rings. The molecule has 0 spiro atoms. The number of fused-ring (bicyclic) bond motifs is 1. The van der Waals surface area contributed by atoms with Gasteiger partial charge in [-0.25, -0.2) is 4.98 Å². The lowest BCUT2D eigenvalue weighted by molar-refractivity contribution is 0.415. The minimum atomic E-state index is 0.201. The van der Waals surface area contributed by atoms with Crippen molar-refractivity contribution in [3.05, 3.63) is 46.4 Å². The van der Waals surface area contributed by atoms with Gasteiger partial charge in [-0.3, -0.25) is 0 Å². The zero-order valence-electron chi connectivity index (χ0n) is 11.3. The lowest BCUT2D eigenvalue weighted by Gasteiger charge is -2.16. The number of nitrogens with zero attached hydrogens (tertiary/aromatic N) is 2. The summed E-state index contributed by atoms with van der Waals surface area (Å²) in [6.45, 7) is 2.17. The molecule has 3 nitrogen and oxygen atoms in total. The van der Waals surface area contributed by atoms with Gasteiger partial charge >= 0.3 is 0 Å². The van der Waals surface area contributed by atoms with Crippen molar-refractivity contribution in [3.8, 4) is 5.75 Å². The summed E-state index contributed by atoms with van der Waals surface area (Å²) in [4.78, 5) is 4.62. The second-order valence-corrected chi connectivity index (χ2v) is 5.67. The predicted molar refractivity (Wildman–Crippen MR) is 84.0 cm³/mol. The molecule has 0 saturated carbocycles. The zero-order valence-corrected chi connectivity index (χ0v) is 12.9.